The van der Waals surface area contributed by atoms with Gasteiger partial charge in [0, 0.05) is 6.04 Å². The second-order valence-corrected chi connectivity index (χ2v) is 4.83. The van der Waals surface area contributed by atoms with Crippen LogP contribution in [0.3, 0.4) is 0 Å². The quantitative estimate of drug-likeness (QED) is 0.670. The molecule has 1 fully saturated rings. The summed E-state index contributed by atoms with van der Waals surface area (Å²) in [4.78, 5) is 0. The minimum atomic E-state index is 0.750. The third-order valence-electron chi connectivity index (χ3n) is 3.53. The predicted molar refractivity (Wildman–Crippen MR) is 54.1 cm³/mol. The molecule has 1 rings (SSSR count). The molecule has 1 N–H and O–H groups in total. The van der Waals surface area contributed by atoms with Crippen molar-refractivity contribution in [3.63, 3.8) is 0 Å². The first kappa shape index (κ1) is 10.0. The van der Waals surface area contributed by atoms with Crippen molar-refractivity contribution in [1.29, 1.82) is 0 Å². The van der Waals surface area contributed by atoms with Crippen LogP contribution in [0.4, 0.5) is 0 Å². The molecule has 0 spiro atoms. The van der Waals surface area contributed by atoms with Gasteiger partial charge >= 0.3 is 0 Å². The molecule has 0 aliphatic heterocycles. The molecule has 1 saturated carbocycles. The lowest BCUT2D eigenvalue weighted by molar-refractivity contribution is 0.257. The van der Waals surface area contributed by atoms with E-state index in [1.165, 1.54) is 6.42 Å². The monoisotopic (exact) mass is 169 g/mol. The van der Waals surface area contributed by atoms with Crippen molar-refractivity contribution in [1.82, 2.24) is 5.32 Å². The molecule has 0 bridgehead atoms. The fourth-order valence-corrected chi connectivity index (χ4v) is 3.17. The van der Waals surface area contributed by atoms with E-state index in [9.17, 15) is 0 Å². The van der Waals surface area contributed by atoms with E-state index in [0.717, 1.165) is 29.7 Å². The lowest BCUT2D eigenvalue weighted by Gasteiger charge is -2.27. The Labute approximate surface area is 76.9 Å². The highest BCUT2D eigenvalue weighted by Crippen LogP contribution is 2.40. The fraction of sp³-hybridized carbons (Fsp3) is 1.00. The van der Waals surface area contributed by atoms with Gasteiger partial charge in [0.15, 0.2) is 0 Å². The largest absolute Gasteiger partial charge is 0.316 e. The zero-order valence-corrected chi connectivity index (χ0v) is 9.09. The number of rotatable bonds is 2. The maximum Gasteiger partial charge on any atom is 0.0123 e. The Kier molecular flexibility index (Phi) is 3.16. The molecule has 1 nitrogen and oxygen atoms in total. The predicted octanol–water partition coefficient (Wildman–Crippen LogP) is 2.52. The van der Waals surface area contributed by atoms with Gasteiger partial charge in [-0.05, 0) is 37.1 Å². The van der Waals surface area contributed by atoms with Gasteiger partial charge in [-0.2, -0.15) is 0 Å². The molecule has 1 aliphatic rings. The van der Waals surface area contributed by atoms with Crippen molar-refractivity contribution in [2.45, 2.75) is 40.2 Å². The van der Waals surface area contributed by atoms with Gasteiger partial charge in [-0.25, -0.2) is 0 Å². The third-order valence-corrected chi connectivity index (χ3v) is 3.53. The Hall–Kier alpha value is -0.0400. The maximum atomic E-state index is 3.48. The van der Waals surface area contributed by atoms with Gasteiger partial charge in [0.1, 0.15) is 0 Å². The van der Waals surface area contributed by atoms with Crippen molar-refractivity contribution < 1.29 is 0 Å². The molecule has 1 heteroatoms. The Bertz CT molecular complexity index is 142. The van der Waals surface area contributed by atoms with Gasteiger partial charge in [-0.1, -0.05) is 27.7 Å². The second kappa shape index (κ2) is 3.78. The Morgan fingerprint density at radius 2 is 1.75 bits per heavy atom. The Morgan fingerprint density at radius 1 is 1.17 bits per heavy atom. The topological polar surface area (TPSA) is 12.0 Å². The van der Waals surface area contributed by atoms with Crippen LogP contribution >= 0.6 is 0 Å². The molecule has 0 radical (unpaired) electrons. The van der Waals surface area contributed by atoms with Gasteiger partial charge in [0.2, 0.25) is 0 Å². The summed E-state index contributed by atoms with van der Waals surface area (Å²) in [5.41, 5.74) is 0. The number of hydrogen-bond acceptors (Lipinski definition) is 1. The lowest BCUT2D eigenvalue weighted by atomic mass is 9.84. The van der Waals surface area contributed by atoms with Crippen LogP contribution in [0.25, 0.3) is 0 Å². The van der Waals surface area contributed by atoms with Crippen molar-refractivity contribution in [3.8, 4) is 0 Å². The van der Waals surface area contributed by atoms with E-state index in [2.05, 4.69) is 40.1 Å². The van der Waals surface area contributed by atoms with Gasteiger partial charge in [0.05, 0.1) is 0 Å². The van der Waals surface area contributed by atoms with Crippen LogP contribution in [0, 0.1) is 23.7 Å². The van der Waals surface area contributed by atoms with Crippen molar-refractivity contribution in [2.24, 2.45) is 23.7 Å². The van der Waals surface area contributed by atoms with Crippen molar-refractivity contribution in [3.05, 3.63) is 0 Å². The van der Waals surface area contributed by atoms with E-state index in [-0.39, 0.29) is 0 Å². The molecule has 4 unspecified atom stereocenters. The molecule has 0 saturated heterocycles. The first-order chi connectivity index (χ1) is 5.57. The van der Waals surface area contributed by atoms with E-state index in [4.69, 9.17) is 0 Å². The molecule has 1 aliphatic carbocycles. The van der Waals surface area contributed by atoms with Gasteiger partial charge in [-0.3, -0.25) is 0 Å². The second-order valence-electron chi connectivity index (χ2n) is 4.83. The first-order valence-electron chi connectivity index (χ1n) is 5.25. The minimum Gasteiger partial charge on any atom is -0.316 e. The van der Waals surface area contributed by atoms with Crippen LogP contribution in [-0.4, -0.2) is 13.1 Å². The average Bonchev–Trinajstić information content (AvgIpc) is 2.24. The van der Waals surface area contributed by atoms with E-state index in [1.807, 2.05) is 0 Å². The summed E-state index contributed by atoms with van der Waals surface area (Å²) in [6, 6.07) is 0.750. The fourth-order valence-electron chi connectivity index (χ4n) is 3.17. The highest BCUT2D eigenvalue weighted by molar-refractivity contribution is 4.92. The summed E-state index contributed by atoms with van der Waals surface area (Å²) in [5, 5.41) is 3.48. The summed E-state index contributed by atoms with van der Waals surface area (Å²) < 4.78 is 0. The van der Waals surface area contributed by atoms with Crippen LogP contribution in [0.2, 0.25) is 0 Å². The van der Waals surface area contributed by atoms with Gasteiger partial charge in [-0.15, -0.1) is 0 Å². The standard InChI is InChI=1S/C11H23N/c1-7(2)10-8(3)6-9(4)11(10)12-5/h7-12H,6H2,1-5H3. The summed E-state index contributed by atoms with van der Waals surface area (Å²) in [6.45, 7) is 9.48. The Morgan fingerprint density at radius 3 is 2.08 bits per heavy atom. The molecule has 0 aromatic heterocycles. The summed E-state index contributed by atoms with van der Waals surface area (Å²) in [5.74, 6) is 3.46. The molecular weight excluding hydrogens is 146 g/mol. The van der Waals surface area contributed by atoms with E-state index < -0.39 is 0 Å². The van der Waals surface area contributed by atoms with E-state index >= 15 is 0 Å². The molecule has 4 atom stereocenters. The average molecular weight is 169 g/mol. The first-order valence-corrected chi connectivity index (χ1v) is 5.25. The van der Waals surface area contributed by atoms with Crippen LogP contribution in [0.1, 0.15) is 34.1 Å². The SMILES string of the molecule is CNC1C(C)CC(C)C1C(C)C. The molecule has 12 heavy (non-hydrogen) atoms. The third kappa shape index (κ3) is 1.66. The smallest absolute Gasteiger partial charge is 0.0123 e. The van der Waals surface area contributed by atoms with E-state index in [1.54, 1.807) is 0 Å². The van der Waals surface area contributed by atoms with Crippen molar-refractivity contribution in [2.75, 3.05) is 7.05 Å². The van der Waals surface area contributed by atoms with Gasteiger partial charge < -0.3 is 5.32 Å². The van der Waals surface area contributed by atoms with Crippen LogP contribution in [0.15, 0.2) is 0 Å². The highest BCUT2D eigenvalue weighted by atomic mass is 14.9. The number of nitrogens with one attached hydrogen (secondary N) is 1. The molecule has 0 aromatic carbocycles. The summed E-state index contributed by atoms with van der Waals surface area (Å²) in [7, 11) is 2.11. The normalized spacial score (nSPS) is 42.5. The highest BCUT2D eigenvalue weighted by Gasteiger charge is 2.38. The summed E-state index contributed by atoms with van der Waals surface area (Å²) in [6.07, 6.45) is 1.40. The zero-order valence-electron chi connectivity index (χ0n) is 9.09. The summed E-state index contributed by atoms with van der Waals surface area (Å²) >= 11 is 0. The van der Waals surface area contributed by atoms with E-state index in [0.29, 0.717) is 0 Å². The van der Waals surface area contributed by atoms with Gasteiger partial charge in [0.25, 0.3) is 0 Å². The van der Waals surface area contributed by atoms with Crippen LogP contribution < -0.4 is 5.32 Å². The van der Waals surface area contributed by atoms with Crippen molar-refractivity contribution >= 4 is 0 Å². The number of hydrogen-bond donors (Lipinski definition) is 1. The Balaban J connectivity index is 2.68. The maximum absolute atomic E-state index is 3.48. The molecule has 0 aromatic rings. The lowest BCUT2D eigenvalue weighted by Crippen LogP contribution is -2.37. The van der Waals surface area contributed by atoms with Crippen LogP contribution in [-0.2, 0) is 0 Å². The van der Waals surface area contributed by atoms with Crippen LogP contribution in [0.5, 0.6) is 0 Å². The molecule has 72 valence electrons. The molecule has 0 heterocycles. The minimum absolute atomic E-state index is 0.750. The zero-order chi connectivity index (χ0) is 9.30. The molecule has 0 amide bonds. The molecular formula is C11H23N.